The van der Waals surface area contributed by atoms with E-state index in [0.29, 0.717) is 17.5 Å². The first-order valence-electron chi connectivity index (χ1n) is 11.8. The number of benzene rings is 2. The van der Waals surface area contributed by atoms with Crippen molar-refractivity contribution in [3.05, 3.63) is 70.2 Å². The van der Waals surface area contributed by atoms with Gasteiger partial charge in [0.15, 0.2) is 12.4 Å². The summed E-state index contributed by atoms with van der Waals surface area (Å²) in [4.78, 5) is 50.9. The molecule has 0 spiro atoms. The Morgan fingerprint density at radius 3 is 2.17 bits per heavy atom. The van der Waals surface area contributed by atoms with Gasteiger partial charge in [-0.2, -0.15) is 0 Å². The predicted molar refractivity (Wildman–Crippen MR) is 136 cm³/mol. The van der Waals surface area contributed by atoms with Gasteiger partial charge in [-0.1, -0.05) is 78.9 Å². The monoisotopic (exact) mass is 545 g/mol. The third kappa shape index (κ3) is 10.9. The maximum Gasteiger partial charge on any atom is 0.326 e. The molecule has 0 aliphatic carbocycles. The van der Waals surface area contributed by atoms with E-state index in [2.05, 4.69) is 22.9 Å². The lowest BCUT2D eigenvalue weighted by atomic mass is 10.1. The van der Waals surface area contributed by atoms with Crippen molar-refractivity contribution in [1.29, 1.82) is 0 Å². The molecule has 0 aromatic heterocycles. The van der Waals surface area contributed by atoms with Gasteiger partial charge >= 0.3 is 11.9 Å². The third-order valence-electron chi connectivity index (χ3n) is 5.27. The summed E-state index contributed by atoms with van der Waals surface area (Å²) in [6.45, 7) is 1.34. The predicted octanol–water partition coefficient (Wildman–Crippen LogP) is 5.22. The number of hydrogen-bond acceptors (Lipinski definition) is 6. The molecule has 0 saturated carbocycles. The van der Waals surface area contributed by atoms with Gasteiger partial charge in [-0.25, -0.2) is 0 Å². The van der Waals surface area contributed by atoms with Gasteiger partial charge in [-0.15, -0.1) is 0 Å². The zero-order chi connectivity index (χ0) is 25.5. The molecule has 0 N–H and O–H groups in total. The first kappa shape index (κ1) is 28.2. The number of Topliss-reactive ketones (excluding diaryl/α,β-unsaturated/α-hetero) is 1. The summed E-state index contributed by atoms with van der Waals surface area (Å²) >= 11 is 3.30. The van der Waals surface area contributed by atoms with Crippen molar-refractivity contribution in [2.75, 3.05) is 26.3 Å². The van der Waals surface area contributed by atoms with E-state index in [1.165, 1.54) is 4.90 Å². The Balaban J connectivity index is 1.87. The van der Waals surface area contributed by atoms with Crippen LogP contribution in [0.1, 0.15) is 66.2 Å². The summed E-state index contributed by atoms with van der Waals surface area (Å²) in [5.74, 6) is -1.78. The van der Waals surface area contributed by atoms with Gasteiger partial charge in [0.1, 0.15) is 13.2 Å². The fraction of sp³-hybridized carbons (Fsp3) is 0.407. The quantitative estimate of drug-likeness (QED) is 0.173. The summed E-state index contributed by atoms with van der Waals surface area (Å²) in [6.07, 6.45) is 5.45. The van der Waals surface area contributed by atoms with Crippen molar-refractivity contribution >= 4 is 39.6 Å². The van der Waals surface area contributed by atoms with E-state index in [1.807, 2.05) is 0 Å². The summed E-state index contributed by atoms with van der Waals surface area (Å²) < 4.78 is 11.2. The first-order chi connectivity index (χ1) is 16.9. The number of carbonyl (C=O) groups is 4. The van der Waals surface area contributed by atoms with Crippen LogP contribution in [0.25, 0.3) is 0 Å². The van der Waals surface area contributed by atoms with E-state index >= 15 is 0 Å². The Labute approximate surface area is 214 Å². The second kappa shape index (κ2) is 15.8. The molecule has 0 atom stereocenters. The molecule has 0 radical (unpaired) electrons. The standard InChI is InChI=1S/C27H32BrNO6/c1-2-3-4-5-9-12-25(31)34-18-17-29(27(33)22-10-7-6-8-11-22)19-26(32)35-20-24(30)21-13-15-23(28)16-14-21/h6-8,10-11,13-16H,2-5,9,12,17-20H2,1H3. The number of carbonyl (C=O) groups excluding carboxylic acids is 4. The summed E-state index contributed by atoms with van der Waals surface area (Å²) in [5.41, 5.74) is 0.813. The summed E-state index contributed by atoms with van der Waals surface area (Å²) in [5, 5.41) is 0. The van der Waals surface area contributed by atoms with E-state index in [0.717, 1.165) is 36.6 Å². The van der Waals surface area contributed by atoms with E-state index < -0.39 is 18.5 Å². The Hall–Kier alpha value is -3.00. The molecule has 0 aliphatic heterocycles. The number of halogens is 1. The highest BCUT2D eigenvalue weighted by Crippen LogP contribution is 2.11. The highest BCUT2D eigenvalue weighted by Gasteiger charge is 2.21. The molecule has 2 aromatic rings. The first-order valence-corrected chi connectivity index (χ1v) is 12.6. The van der Waals surface area contributed by atoms with E-state index in [1.54, 1.807) is 54.6 Å². The summed E-state index contributed by atoms with van der Waals surface area (Å²) in [6, 6.07) is 15.2. The lowest BCUT2D eigenvalue weighted by Crippen LogP contribution is -2.39. The van der Waals surface area contributed by atoms with Gasteiger partial charge in [-0.05, 0) is 30.7 Å². The van der Waals surface area contributed by atoms with Crippen LogP contribution in [-0.2, 0) is 19.1 Å². The van der Waals surface area contributed by atoms with Gasteiger partial charge in [0.05, 0.1) is 6.54 Å². The maximum absolute atomic E-state index is 12.9. The molecule has 2 aromatic carbocycles. The van der Waals surface area contributed by atoms with Crippen LogP contribution >= 0.6 is 15.9 Å². The van der Waals surface area contributed by atoms with Crippen LogP contribution in [0.15, 0.2) is 59.1 Å². The fourth-order valence-corrected chi connectivity index (χ4v) is 3.56. The van der Waals surface area contributed by atoms with Crippen molar-refractivity contribution < 1.29 is 28.7 Å². The number of hydrogen-bond donors (Lipinski definition) is 0. The second-order valence-corrected chi connectivity index (χ2v) is 8.98. The fourth-order valence-electron chi connectivity index (χ4n) is 3.30. The smallest absolute Gasteiger partial charge is 0.326 e. The van der Waals surface area contributed by atoms with E-state index in [9.17, 15) is 19.2 Å². The number of amides is 1. The molecule has 0 heterocycles. The molecule has 0 unspecified atom stereocenters. The van der Waals surface area contributed by atoms with E-state index in [-0.39, 0.29) is 31.4 Å². The van der Waals surface area contributed by atoms with Crippen molar-refractivity contribution in [3.8, 4) is 0 Å². The van der Waals surface area contributed by atoms with Crippen LogP contribution in [0.5, 0.6) is 0 Å². The SMILES string of the molecule is CCCCCCCC(=O)OCCN(CC(=O)OCC(=O)c1ccc(Br)cc1)C(=O)c1ccccc1. The molecule has 0 bridgehead atoms. The highest BCUT2D eigenvalue weighted by atomic mass is 79.9. The maximum atomic E-state index is 12.9. The molecule has 8 heteroatoms. The molecule has 188 valence electrons. The minimum Gasteiger partial charge on any atom is -0.464 e. The van der Waals surface area contributed by atoms with Crippen LogP contribution < -0.4 is 0 Å². The summed E-state index contributed by atoms with van der Waals surface area (Å²) in [7, 11) is 0. The average Bonchev–Trinajstić information content (AvgIpc) is 2.87. The Morgan fingerprint density at radius 2 is 1.49 bits per heavy atom. The van der Waals surface area contributed by atoms with Crippen LogP contribution in [0.3, 0.4) is 0 Å². The number of ether oxygens (including phenoxy) is 2. The second-order valence-electron chi connectivity index (χ2n) is 8.07. The zero-order valence-electron chi connectivity index (χ0n) is 20.0. The molecular weight excluding hydrogens is 514 g/mol. The van der Waals surface area contributed by atoms with Gasteiger partial charge in [0.25, 0.3) is 5.91 Å². The molecule has 0 fully saturated rings. The number of ketones is 1. The van der Waals surface area contributed by atoms with Gasteiger partial charge in [0.2, 0.25) is 0 Å². The third-order valence-corrected chi connectivity index (χ3v) is 5.80. The lowest BCUT2D eigenvalue weighted by molar-refractivity contribution is -0.145. The molecule has 2 rings (SSSR count). The van der Waals surface area contributed by atoms with Gasteiger partial charge in [0, 0.05) is 22.0 Å². The van der Waals surface area contributed by atoms with Crippen molar-refractivity contribution in [2.45, 2.75) is 45.4 Å². The minimum absolute atomic E-state index is 0.0303. The average molecular weight is 546 g/mol. The number of nitrogens with zero attached hydrogens (tertiary/aromatic N) is 1. The van der Waals surface area contributed by atoms with Crippen LogP contribution in [0, 0.1) is 0 Å². The number of unbranched alkanes of at least 4 members (excludes halogenated alkanes) is 4. The molecular formula is C27H32BrNO6. The zero-order valence-corrected chi connectivity index (χ0v) is 21.6. The van der Waals surface area contributed by atoms with E-state index in [4.69, 9.17) is 9.47 Å². The Bertz CT molecular complexity index is 961. The number of rotatable bonds is 15. The Kier molecular flexibility index (Phi) is 12.8. The Morgan fingerprint density at radius 1 is 0.800 bits per heavy atom. The highest BCUT2D eigenvalue weighted by molar-refractivity contribution is 9.10. The minimum atomic E-state index is -0.720. The molecule has 0 saturated heterocycles. The topological polar surface area (TPSA) is 90.0 Å². The molecule has 1 amide bonds. The molecule has 7 nitrogen and oxygen atoms in total. The van der Waals surface area contributed by atoms with Crippen molar-refractivity contribution in [3.63, 3.8) is 0 Å². The van der Waals surface area contributed by atoms with Crippen LogP contribution in [-0.4, -0.2) is 54.8 Å². The van der Waals surface area contributed by atoms with Crippen molar-refractivity contribution in [2.24, 2.45) is 0 Å². The largest absolute Gasteiger partial charge is 0.464 e. The van der Waals surface area contributed by atoms with Gasteiger partial charge in [-0.3, -0.25) is 19.2 Å². The normalized spacial score (nSPS) is 10.5. The number of esters is 2. The lowest BCUT2D eigenvalue weighted by Gasteiger charge is -2.21. The van der Waals surface area contributed by atoms with Gasteiger partial charge < -0.3 is 14.4 Å². The molecule has 35 heavy (non-hydrogen) atoms. The van der Waals surface area contributed by atoms with Crippen molar-refractivity contribution in [1.82, 2.24) is 4.90 Å². The molecule has 0 aliphatic rings. The van der Waals surface area contributed by atoms with Crippen LogP contribution in [0.4, 0.5) is 0 Å². The van der Waals surface area contributed by atoms with Crippen LogP contribution in [0.2, 0.25) is 0 Å².